The van der Waals surface area contributed by atoms with Crippen molar-refractivity contribution in [1.29, 1.82) is 10.8 Å². The van der Waals surface area contributed by atoms with E-state index >= 15 is 0 Å². The number of nitrogens with zero attached hydrogens (tertiary/aromatic N) is 2. The zero-order valence-electron chi connectivity index (χ0n) is 18.1. The number of H-pyrrole nitrogens is 1. The minimum Gasteiger partial charge on any atom is -0.351 e. The first-order chi connectivity index (χ1) is 15.2. The molecular weight excluding hydrogens is 429 g/mol. The van der Waals surface area contributed by atoms with Crippen LogP contribution in [0.15, 0.2) is 35.3 Å². The zero-order chi connectivity index (χ0) is 22.8. The SMILES string of the molecule is CCc1[nH]c2c(=O)n(-c3cccc(C4(C(=N)N(C)C=N)CC5(CC5)C4)c3)cc(Cl)c2c1F. The molecule has 166 valence electrons. The number of hydrogen-bond donors (Lipinski definition) is 3. The van der Waals surface area contributed by atoms with Crippen LogP contribution in [0.4, 0.5) is 4.39 Å². The lowest BCUT2D eigenvalue weighted by Gasteiger charge is -2.50. The molecule has 1 aromatic carbocycles. The standard InChI is InChI=1S/C24H25ClFN5O/c1-3-17-19(26)18-16(25)10-31(21(32)20(18)29-17)15-6-4-5-14(9-15)24(22(28)30(2)13-27)11-23(12-24)7-8-23/h4-6,9-10,13,27-29H,3,7-8,11-12H2,1-2H3. The fraction of sp³-hybridized carbons (Fsp3) is 0.375. The molecule has 0 atom stereocenters. The van der Waals surface area contributed by atoms with Gasteiger partial charge in [-0.25, -0.2) is 4.39 Å². The minimum absolute atomic E-state index is 0.126. The normalized spacial score (nSPS) is 17.9. The van der Waals surface area contributed by atoms with Gasteiger partial charge in [-0.15, -0.1) is 0 Å². The van der Waals surface area contributed by atoms with Gasteiger partial charge in [0.05, 0.1) is 27.9 Å². The maximum absolute atomic E-state index is 14.6. The summed E-state index contributed by atoms with van der Waals surface area (Å²) in [6.07, 6.45) is 7.16. The lowest BCUT2D eigenvalue weighted by Crippen LogP contribution is -2.53. The second-order valence-corrected chi connectivity index (χ2v) is 9.66. The summed E-state index contributed by atoms with van der Waals surface area (Å²) in [5.74, 6) is -0.0844. The molecule has 2 fully saturated rings. The quantitative estimate of drug-likeness (QED) is 0.375. The molecule has 0 radical (unpaired) electrons. The highest BCUT2D eigenvalue weighted by Gasteiger charge is 2.63. The fourth-order valence-electron chi connectivity index (χ4n) is 5.33. The molecule has 8 heteroatoms. The Balaban J connectivity index is 1.64. The molecule has 2 aliphatic carbocycles. The number of aromatic amines is 1. The molecule has 6 nitrogen and oxygen atoms in total. The predicted molar refractivity (Wildman–Crippen MR) is 125 cm³/mol. The van der Waals surface area contributed by atoms with Gasteiger partial charge in [0.1, 0.15) is 11.4 Å². The highest BCUT2D eigenvalue weighted by atomic mass is 35.5. The van der Waals surface area contributed by atoms with Crippen molar-refractivity contribution in [3.63, 3.8) is 0 Å². The third kappa shape index (κ3) is 2.87. The maximum atomic E-state index is 14.6. The highest BCUT2D eigenvalue weighted by molar-refractivity contribution is 6.35. The van der Waals surface area contributed by atoms with Crippen LogP contribution in [-0.2, 0) is 11.8 Å². The Hall–Kier alpha value is -2.93. The van der Waals surface area contributed by atoms with Crippen molar-refractivity contribution in [2.45, 2.75) is 44.4 Å². The molecule has 3 aromatic rings. The third-order valence-electron chi connectivity index (χ3n) is 7.27. The Labute approximate surface area is 190 Å². The van der Waals surface area contributed by atoms with Crippen LogP contribution in [0.5, 0.6) is 0 Å². The molecule has 0 aliphatic heterocycles. The molecule has 2 saturated carbocycles. The number of amidine groups is 1. The van der Waals surface area contributed by atoms with Gasteiger partial charge in [0.25, 0.3) is 5.56 Å². The second kappa shape index (κ2) is 7.04. The molecular formula is C24H25ClFN5O. The lowest BCUT2D eigenvalue weighted by atomic mass is 9.55. The van der Waals surface area contributed by atoms with E-state index in [1.165, 1.54) is 23.6 Å². The van der Waals surface area contributed by atoms with Crippen LogP contribution in [0.3, 0.4) is 0 Å². The van der Waals surface area contributed by atoms with Crippen molar-refractivity contribution < 1.29 is 4.39 Å². The maximum Gasteiger partial charge on any atom is 0.279 e. The van der Waals surface area contributed by atoms with Crippen molar-refractivity contribution >= 4 is 34.7 Å². The average molecular weight is 454 g/mol. The van der Waals surface area contributed by atoms with E-state index in [0.29, 0.717) is 29.1 Å². The summed E-state index contributed by atoms with van der Waals surface area (Å²) in [7, 11) is 1.72. The summed E-state index contributed by atoms with van der Waals surface area (Å²) in [6.45, 7) is 1.81. The number of aromatic nitrogens is 2. The summed E-state index contributed by atoms with van der Waals surface area (Å²) < 4.78 is 16.1. The largest absolute Gasteiger partial charge is 0.351 e. The topological polar surface area (TPSA) is 88.7 Å². The number of nitrogens with one attached hydrogen (secondary N) is 3. The number of halogens is 2. The van der Waals surface area contributed by atoms with Crippen molar-refractivity contribution in [2.24, 2.45) is 5.41 Å². The summed E-state index contributed by atoms with van der Waals surface area (Å²) in [4.78, 5) is 17.7. The number of hydrogen-bond acceptors (Lipinski definition) is 3. The molecule has 2 heterocycles. The van der Waals surface area contributed by atoms with Crippen LogP contribution >= 0.6 is 11.6 Å². The number of fused-ring (bicyclic) bond motifs is 1. The van der Waals surface area contributed by atoms with E-state index < -0.39 is 11.2 Å². The summed E-state index contributed by atoms with van der Waals surface area (Å²) in [6, 6.07) is 7.60. The molecule has 3 N–H and O–H groups in total. The van der Waals surface area contributed by atoms with E-state index in [1.54, 1.807) is 11.9 Å². The van der Waals surface area contributed by atoms with E-state index in [1.807, 2.05) is 31.2 Å². The first-order valence-corrected chi connectivity index (χ1v) is 11.2. The minimum atomic E-state index is -0.482. The van der Waals surface area contributed by atoms with Gasteiger partial charge >= 0.3 is 0 Å². The fourth-order valence-corrected chi connectivity index (χ4v) is 5.60. The van der Waals surface area contributed by atoms with Crippen LogP contribution in [0.25, 0.3) is 16.6 Å². The first-order valence-electron chi connectivity index (χ1n) is 10.8. The third-order valence-corrected chi connectivity index (χ3v) is 7.55. The van der Waals surface area contributed by atoms with E-state index in [4.69, 9.17) is 22.4 Å². The Kier molecular flexibility index (Phi) is 4.60. The van der Waals surface area contributed by atoms with E-state index in [9.17, 15) is 9.18 Å². The average Bonchev–Trinajstić information content (AvgIpc) is 3.49. The van der Waals surface area contributed by atoms with Gasteiger partial charge in [-0.1, -0.05) is 30.7 Å². The smallest absolute Gasteiger partial charge is 0.279 e. The summed E-state index contributed by atoms with van der Waals surface area (Å²) in [5.41, 5.74) is 1.55. The van der Waals surface area contributed by atoms with Gasteiger partial charge in [0.2, 0.25) is 0 Å². The van der Waals surface area contributed by atoms with Gasteiger partial charge in [0.15, 0.2) is 5.82 Å². The highest BCUT2D eigenvalue weighted by Crippen LogP contribution is 2.69. The van der Waals surface area contributed by atoms with Crippen LogP contribution in [0.2, 0.25) is 5.02 Å². The van der Waals surface area contributed by atoms with Gasteiger partial charge in [-0.3, -0.25) is 20.2 Å². The predicted octanol–water partition coefficient (Wildman–Crippen LogP) is 5.00. The van der Waals surface area contributed by atoms with Crippen molar-refractivity contribution in [3.05, 3.63) is 62.9 Å². The molecule has 5 rings (SSSR count). The molecule has 0 amide bonds. The van der Waals surface area contributed by atoms with Gasteiger partial charge < -0.3 is 9.88 Å². The molecule has 1 spiro atoms. The Morgan fingerprint density at radius 2 is 2.09 bits per heavy atom. The van der Waals surface area contributed by atoms with Crippen molar-refractivity contribution in [1.82, 2.24) is 14.5 Å². The number of likely N-dealkylation sites (N-methyl/N-ethyl adjacent to an activating group) is 1. The van der Waals surface area contributed by atoms with Crippen LogP contribution in [0, 0.1) is 22.1 Å². The Morgan fingerprint density at radius 3 is 2.72 bits per heavy atom. The number of aryl methyl sites for hydroxylation is 1. The van der Waals surface area contributed by atoms with Crippen LogP contribution in [0.1, 0.15) is 43.9 Å². The molecule has 0 bridgehead atoms. The number of pyridine rings is 1. The first kappa shape index (κ1) is 20.9. The second-order valence-electron chi connectivity index (χ2n) is 9.25. The van der Waals surface area contributed by atoms with Gasteiger partial charge in [-0.05, 0) is 55.2 Å². The Morgan fingerprint density at radius 1 is 1.38 bits per heavy atom. The molecule has 0 saturated heterocycles. The van der Waals surface area contributed by atoms with Crippen LogP contribution in [-0.4, -0.2) is 33.7 Å². The molecule has 2 aromatic heterocycles. The van der Waals surface area contributed by atoms with E-state index in [2.05, 4.69) is 4.98 Å². The van der Waals surface area contributed by atoms with Crippen molar-refractivity contribution in [2.75, 3.05) is 7.05 Å². The molecule has 0 unspecified atom stereocenters. The summed E-state index contributed by atoms with van der Waals surface area (Å²) in [5, 5.41) is 16.7. The lowest BCUT2D eigenvalue weighted by molar-refractivity contribution is 0.174. The van der Waals surface area contributed by atoms with E-state index in [0.717, 1.165) is 24.7 Å². The molecule has 2 aliphatic rings. The monoisotopic (exact) mass is 453 g/mol. The van der Waals surface area contributed by atoms with Crippen molar-refractivity contribution in [3.8, 4) is 5.69 Å². The van der Waals surface area contributed by atoms with Gasteiger partial charge in [0, 0.05) is 18.9 Å². The van der Waals surface area contributed by atoms with Gasteiger partial charge in [-0.2, -0.15) is 0 Å². The van der Waals surface area contributed by atoms with Crippen LogP contribution < -0.4 is 5.56 Å². The summed E-state index contributed by atoms with van der Waals surface area (Å²) >= 11 is 6.40. The Bertz CT molecular complexity index is 1330. The number of benzene rings is 1. The molecule has 32 heavy (non-hydrogen) atoms. The number of rotatable bonds is 5. The van der Waals surface area contributed by atoms with E-state index in [-0.39, 0.29) is 21.5 Å². The zero-order valence-corrected chi connectivity index (χ0v) is 18.8.